The predicted molar refractivity (Wildman–Crippen MR) is 186 cm³/mol. The smallest absolute Gasteiger partial charge is 0.326 e. The summed E-state index contributed by atoms with van der Waals surface area (Å²) in [7, 11) is 1.62. The summed E-state index contributed by atoms with van der Waals surface area (Å²) in [6, 6.07) is 27.1. The number of ether oxygens (including phenoxy) is 1. The minimum atomic E-state index is -1.18. The first kappa shape index (κ1) is 35.6. The highest BCUT2D eigenvalue weighted by molar-refractivity contribution is 5.92. The largest absolute Gasteiger partial charge is 0.497 e. The molecule has 0 saturated carbocycles. The van der Waals surface area contributed by atoms with Crippen LogP contribution < -0.4 is 26.4 Å². The van der Waals surface area contributed by atoms with Crippen molar-refractivity contribution >= 4 is 34.5 Å². The Morgan fingerprint density at radius 1 is 0.729 bits per heavy atom. The summed E-state index contributed by atoms with van der Waals surface area (Å²) in [6.07, 6.45) is 1.57. The number of carboxylic acids is 1. The number of nitrogens with two attached hydrogens (primary N) is 1. The van der Waals surface area contributed by atoms with E-state index in [1.807, 2.05) is 104 Å². The fourth-order valence-electron chi connectivity index (χ4n) is 5.46. The van der Waals surface area contributed by atoms with E-state index in [4.69, 9.17) is 10.5 Å². The topological polar surface area (TPSA) is 160 Å². The van der Waals surface area contributed by atoms with Gasteiger partial charge < -0.3 is 31.5 Å². The van der Waals surface area contributed by atoms with Crippen LogP contribution in [0.5, 0.6) is 5.75 Å². The number of carbonyl (C=O) groups is 4. The number of methoxy groups -OCH3 is 1. The molecule has 0 aromatic heterocycles. The van der Waals surface area contributed by atoms with Crippen LogP contribution in [-0.2, 0) is 32.0 Å². The number of rotatable bonds is 17. The average molecular weight is 653 g/mol. The van der Waals surface area contributed by atoms with E-state index in [1.165, 1.54) is 0 Å². The molecule has 4 rings (SSSR count). The maximum atomic E-state index is 13.4. The van der Waals surface area contributed by atoms with Crippen LogP contribution in [0.4, 0.5) is 0 Å². The van der Waals surface area contributed by atoms with Crippen LogP contribution in [0.1, 0.15) is 48.8 Å². The van der Waals surface area contributed by atoms with Gasteiger partial charge in [-0.25, -0.2) is 4.79 Å². The number of nitrogens with one attached hydrogen (secondary N) is 3. The molecular formula is C38H44N4O6. The second-order valence-electron chi connectivity index (χ2n) is 11.9. The first-order valence-corrected chi connectivity index (χ1v) is 16.2. The minimum absolute atomic E-state index is 0.129. The molecule has 0 aliphatic heterocycles. The van der Waals surface area contributed by atoms with E-state index in [2.05, 4.69) is 16.0 Å². The molecule has 4 aromatic carbocycles. The molecule has 0 saturated heterocycles. The van der Waals surface area contributed by atoms with Crippen molar-refractivity contribution in [2.45, 2.75) is 63.1 Å². The van der Waals surface area contributed by atoms with Crippen molar-refractivity contribution in [2.75, 3.05) is 13.7 Å². The number of fused-ring (bicyclic) bond motifs is 1. The minimum Gasteiger partial charge on any atom is -0.497 e. The van der Waals surface area contributed by atoms with Gasteiger partial charge in [0.15, 0.2) is 0 Å². The molecule has 6 N–H and O–H groups in total. The van der Waals surface area contributed by atoms with Crippen LogP contribution in [0.2, 0.25) is 0 Å². The van der Waals surface area contributed by atoms with Crippen LogP contribution >= 0.6 is 0 Å². The summed E-state index contributed by atoms with van der Waals surface area (Å²) in [5.41, 5.74) is 8.74. The number of carbonyl (C=O) groups excluding carboxylic acids is 3. The van der Waals surface area contributed by atoms with Gasteiger partial charge in [-0.1, -0.05) is 84.9 Å². The molecular weight excluding hydrogens is 608 g/mol. The lowest BCUT2D eigenvalue weighted by Crippen LogP contribution is -2.55. The zero-order valence-electron chi connectivity index (χ0n) is 27.4. The molecule has 0 fully saturated rings. The SMILES string of the molecule is COc1ccc2cc(C(C)C(=O)NCCCCC(NC(=O)C(Cc3ccccc3)NC(=O)C(N)Cc3ccccc3)C(=O)O)ccc2c1. The molecule has 0 heterocycles. The Morgan fingerprint density at radius 3 is 1.98 bits per heavy atom. The van der Waals surface area contributed by atoms with E-state index in [0.717, 1.165) is 33.2 Å². The van der Waals surface area contributed by atoms with Crippen molar-refractivity contribution in [1.82, 2.24) is 16.0 Å². The van der Waals surface area contributed by atoms with E-state index in [-0.39, 0.29) is 31.1 Å². The summed E-state index contributed by atoms with van der Waals surface area (Å²) in [4.78, 5) is 51.4. The van der Waals surface area contributed by atoms with Crippen molar-refractivity contribution in [2.24, 2.45) is 5.73 Å². The van der Waals surface area contributed by atoms with Gasteiger partial charge in [0.1, 0.15) is 17.8 Å². The summed E-state index contributed by atoms with van der Waals surface area (Å²) in [5, 5.41) is 20.2. The Bertz CT molecular complexity index is 1680. The summed E-state index contributed by atoms with van der Waals surface area (Å²) >= 11 is 0. The van der Waals surface area contributed by atoms with Crippen molar-refractivity contribution < 1.29 is 29.0 Å². The van der Waals surface area contributed by atoms with Gasteiger partial charge in [-0.05, 0) is 72.2 Å². The van der Waals surface area contributed by atoms with Crippen LogP contribution in [-0.4, -0.2) is 60.6 Å². The van der Waals surface area contributed by atoms with Crippen molar-refractivity contribution in [1.29, 1.82) is 0 Å². The third-order valence-electron chi connectivity index (χ3n) is 8.35. The number of amides is 3. The molecule has 4 atom stereocenters. The highest BCUT2D eigenvalue weighted by Crippen LogP contribution is 2.25. The molecule has 0 aliphatic carbocycles. The average Bonchev–Trinajstić information content (AvgIpc) is 3.10. The Hall–Kier alpha value is -5.22. The number of unbranched alkanes of at least 4 members (excludes halogenated alkanes) is 1. The Kier molecular flexibility index (Phi) is 13.1. The summed E-state index contributed by atoms with van der Waals surface area (Å²) in [6.45, 7) is 2.20. The zero-order valence-corrected chi connectivity index (χ0v) is 27.4. The van der Waals surface area contributed by atoms with E-state index >= 15 is 0 Å². The van der Waals surface area contributed by atoms with Crippen LogP contribution in [0.25, 0.3) is 10.8 Å². The normalized spacial score (nSPS) is 13.5. The molecule has 4 unspecified atom stereocenters. The molecule has 0 aliphatic rings. The molecule has 48 heavy (non-hydrogen) atoms. The lowest BCUT2D eigenvalue weighted by molar-refractivity contribution is -0.142. The number of hydrogen-bond donors (Lipinski definition) is 5. The van der Waals surface area contributed by atoms with Crippen LogP contribution in [0, 0.1) is 0 Å². The van der Waals surface area contributed by atoms with Gasteiger partial charge in [-0.15, -0.1) is 0 Å². The molecule has 0 bridgehead atoms. The Balaban J connectivity index is 1.28. The zero-order chi connectivity index (χ0) is 34.5. The third kappa shape index (κ3) is 10.4. The van der Waals surface area contributed by atoms with E-state index < -0.39 is 35.9 Å². The molecule has 10 nitrogen and oxygen atoms in total. The lowest BCUT2D eigenvalue weighted by atomic mass is 9.97. The Labute approximate surface area is 281 Å². The molecule has 252 valence electrons. The number of carboxylic acid groups (broad SMARTS) is 1. The van der Waals surface area contributed by atoms with Crippen LogP contribution in [0.15, 0.2) is 97.1 Å². The fraction of sp³-hybridized carbons (Fsp3) is 0.316. The standard InChI is InChI=1S/C38H44N4O6/c1-25(28-16-17-30-24-31(48-2)19-18-29(30)23-28)35(43)40-20-10-9-15-33(38(46)47)41-37(45)34(22-27-13-7-4-8-14-27)42-36(44)32(39)21-26-11-5-3-6-12-26/h3-8,11-14,16-19,23-25,32-34H,9-10,15,20-22,39H2,1-2H3,(H,40,43)(H,41,45)(H,42,44)(H,46,47). The van der Waals surface area contributed by atoms with Gasteiger partial charge >= 0.3 is 5.97 Å². The van der Waals surface area contributed by atoms with Crippen molar-refractivity contribution in [3.8, 4) is 5.75 Å². The van der Waals surface area contributed by atoms with Gasteiger partial charge in [-0.2, -0.15) is 0 Å². The monoisotopic (exact) mass is 652 g/mol. The number of aliphatic carboxylic acids is 1. The first-order chi connectivity index (χ1) is 23.1. The number of benzene rings is 4. The maximum Gasteiger partial charge on any atom is 0.326 e. The molecule has 0 spiro atoms. The fourth-order valence-corrected chi connectivity index (χ4v) is 5.46. The van der Waals surface area contributed by atoms with Crippen molar-refractivity contribution in [3.05, 3.63) is 114 Å². The van der Waals surface area contributed by atoms with Gasteiger partial charge in [0.25, 0.3) is 0 Å². The van der Waals surface area contributed by atoms with Gasteiger partial charge in [0.2, 0.25) is 17.7 Å². The Morgan fingerprint density at radius 2 is 1.33 bits per heavy atom. The van der Waals surface area contributed by atoms with E-state index in [9.17, 15) is 24.3 Å². The lowest BCUT2D eigenvalue weighted by Gasteiger charge is -2.23. The quantitative estimate of drug-likeness (QED) is 0.107. The maximum absolute atomic E-state index is 13.4. The molecule has 4 aromatic rings. The van der Waals surface area contributed by atoms with Gasteiger partial charge in [0.05, 0.1) is 19.1 Å². The van der Waals surface area contributed by atoms with E-state index in [0.29, 0.717) is 19.4 Å². The summed E-state index contributed by atoms with van der Waals surface area (Å²) < 4.78 is 5.28. The highest BCUT2D eigenvalue weighted by atomic mass is 16.5. The van der Waals surface area contributed by atoms with Crippen LogP contribution in [0.3, 0.4) is 0 Å². The molecule has 3 amide bonds. The van der Waals surface area contributed by atoms with Gasteiger partial charge in [-0.3, -0.25) is 14.4 Å². The first-order valence-electron chi connectivity index (χ1n) is 16.2. The summed E-state index contributed by atoms with van der Waals surface area (Å²) in [5.74, 6) is -2.03. The van der Waals surface area contributed by atoms with Crippen molar-refractivity contribution in [3.63, 3.8) is 0 Å². The van der Waals surface area contributed by atoms with E-state index in [1.54, 1.807) is 7.11 Å². The highest BCUT2D eigenvalue weighted by Gasteiger charge is 2.28. The second kappa shape index (κ2) is 17.6. The predicted octanol–water partition coefficient (Wildman–Crippen LogP) is 4.11. The number of hydrogen-bond acceptors (Lipinski definition) is 6. The molecule has 0 radical (unpaired) electrons. The third-order valence-corrected chi connectivity index (χ3v) is 8.35. The molecule has 10 heteroatoms. The van der Waals surface area contributed by atoms with Gasteiger partial charge in [0, 0.05) is 13.0 Å². The second-order valence-corrected chi connectivity index (χ2v) is 11.9.